The van der Waals surface area contributed by atoms with E-state index in [-0.39, 0.29) is 15.7 Å². The van der Waals surface area contributed by atoms with E-state index >= 15 is 0 Å². The van der Waals surface area contributed by atoms with Gasteiger partial charge in [0.15, 0.2) is 0 Å². The number of nitrogens with one attached hydrogen (secondary N) is 1. The van der Waals surface area contributed by atoms with Crippen LogP contribution in [-0.2, 0) is 9.53 Å². The predicted molar refractivity (Wildman–Crippen MR) is 68.1 cm³/mol. The lowest BCUT2D eigenvalue weighted by atomic mass is 10.1. The van der Waals surface area contributed by atoms with Gasteiger partial charge in [0.05, 0.1) is 16.5 Å². The van der Waals surface area contributed by atoms with Gasteiger partial charge in [-0.3, -0.25) is 14.9 Å². The minimum absolute atomic E-state index is 0.169. The van der Waals surface area contributed by atoms with Crippen molar-refractivity contribution in [1.29, 1.82) is 0 Å². The highest BCUT2D eigenvalue weighted by molar-refractivity contribution is 9.10. The topological polar surface area (TPSA) is 119 Å². The largest absolute Gasteiger partial charge is 0.506 e. The number of anilines is 1. The van der Waals surface area contributed by atoms with E-state index in [1.54, 1.807) is 0 Å². The Kier molecular flexibility index (Phi) is 4.43. The summed E-state index contributed by atoms with van der Waals surface area (Å²) in [5.41, 5.74) is -1.15. The van der Waals surface area contributed by atoms with Gasteiger partial charge >= 0.3 is 5.97 Å². The van der Waals surface area contributed by atoms with Crippen molar-refractivity contribution in [2.75, 3.05) is 12.4 Å². The van der Waals surface area contributed by atoms with E-state index in [9.17, 15) is 24.8 Å². The number of ether oxygens (including phenoxy) is 1. The summed E-state index contributed by atoms with van der Waals surface area (Å²) in [6.45, 7) is 1.15. The number of amides is 1. The molecular formula is C10H9BrN2O6. The molecule has 0 saturated carbocycles. The van der Waals surface area contributed by atoms with Gasteiger partial charge in [0.25, 0.3) is 5.69 Å². The summed E-state index contributed by atoms with van der Waals surface area (Å²) in [5, 5.41) is 22.9. The zero-order valence-corrected chi connectivity index (χ0v) is 11.5. The molecular weight excluding hydrogens is 324 g/mol. The summed E-state index contributed by atoms with van der Waals surface area (Å²) in [7, 11) is 1.07. The smallest absolute Gasteiger partial charge is 0.341 e. The zero-order chi connectivity index (χ0) is 14.7. The Morgan fingerprint density at radius 2 is 2.11 bits per heavy atom. The molecule has 0 aliphatic carbocycles. The van der Waals surface area contributed by atoms with Crippen LogP contribution in [-0.4, -0.2) is 29.0 Å². The number of methoxy groups -OCH3 is 1. The summed E-state index contributed by atoms with van der Waals surface area (Å²) >= 11 is 2.90. The Hall–Kier alpha value is -2.16. The van der Waals surface area contributed by atoms with Crippen LogP contribution in [0.1, 0.15) is 17.3 Å². The lowest BCUT2D eigenvalue weighted by molar-refractivity contribution is -0.384. The van der Waals surface area contributed by atoms with Gasteiger partial charge in [0.2, 0.25) is 5.91 Å². The molecule has 0 atom stereocenters. The molecule has 0 bridgehead atoms. The number of benzene rings is 1. The van der Waals surface area contributed by atoms with Crippen LogP contribution < -0.4 is 5.32 Å². The number of nitrogens with zero attached hydrogens (tertiary/aromatic N) is 1. The number of carbonyl (C=O) groups is 2. The summed E-state index contributed by atoms with van der Waals surface area (Å²) in [6, 6.07) is 0.831. The van der Waals surface area contributed by atoms with Crippen molar-refractivity contribution in [2.45, 2.75) is 6.92 Å². The standard InChI is InChI=1S/C10H9BrN2O6/c1-4(14)12-8-6(13(17)18)3-5(10(16)19-2)9(15)7(8)11/h3,15H,1-2H3,(H,12,14). The molecule has 0 fully saturated rings. The first kappa shape index (κ1) is 14.9. The van der Waals surface area contributed by atoms with E-state index < -0.39 is 28.2 Å². The Morgan fingerprint density at radius 3 is 2.53 bits per heavy atom. The quantitative estimate of drug-likeness (QED) is 0.495. The molecule has 1 rings (SSSR count). The normalized spacial score (nSPS) is 9.84. The molecule has 0 heterocycles. The van der Waals surface area contributed by atoms with Crippen molar-refractivity contribution >= 4 is 39.2 Å². The summed E-state index contributed by atoms with van der Waals surface area (Å²) in [6.07, 6.45) is 0. The maximum absolute atomic E-state index is 11.4. The Bertz CT molecular complexity index is 572. The van der Waals surface area contributed by atoms with Crippen LogP contribution in [0.2, 0.25) is 0 Å². The van der Waals surface area contributed by atoms with Crippen LogP contribution in [0.3, 0.4) is 0 Å². The molecule has 1 aromatic rings. The van der Waals surface area contributed by atoms with E-state index in [4.69, 9.17) is 0 Å². The average molecular weight is 333 g/mol. The van der Waals surface area contributed by atoms with Crippen molar-refractivity contribution in [2.24, 2.45) is 0 Å². The number of aromatic hydroxyl groups is 1. The molecule has 0 aromatic heterocycles. The van der Waals surface area contributed by atoms with Gasteiger partial charge in [0, 0.05) is 13.0 Å². The molecule has 8 nitrogen and oxygen atoms in total. The summed E-state index contributed by atoms with van der Waals surface area (Å²) in [4.78, 5) is 32.5. The number of phenols is 1. The molecule has 102 valence electrons. The second kappa shape index (κ2) is 5.65. The van der Waals surface area contributed by atoms with Crippen LogP contribution in [0.4, 0.5) is 11.4 Å². The molecule has 0 aliphatic heterocycles. The minimum Gasteiger partial charge on any atom is -0.506 e. The summed E-state index contributed by atoms with van der Waals surface area (Å²) in [5.74, 6) is -2.05. The highest BCUT2D eigenvalue weighted by Crippen LogP contribution is 2.41. The van der Waals surface area contributed by atoms with Gasteiger partial charge in [0.1, 0.15) is 17.0 Å². The van der Waals surface area contributed by atoms with E-state index in [2.05, 4.69) is 26.0 Å². The highest BCUT2D eigenvalue weighted by Gasteiger charge is 2.27. The van der Waals surface area contributed by atoms with Crippen LogP contribution in [0, 0.1) is 10.1 Å². The molecule has 1 amide bonds. The third kappa shape index (κ3) is 2.99. The maximum Gasteiger partial charge on any atom is 0.341 e. The molecule has 2 N–H and O–H groups in total. The van der Waals surface area contributed by atoms with Crippen molar-refractivity contribution in [3.63, 3.8) is 0 Å². The van der Waals surface area contributed by atoms with Crippen LogP contribution in [0.15, 0.2) is 10.5 Å². The molecule has 9 heteroatoms. The number of nitro benzene ring substituents is 1. The molecule has 0 saturated heterocycles. The van der Waals surface area contributed by atoms with Gasteiger partial charge < -0.3 is 15.2 Å². The van der Waals surface area contributed by atoms with Gasteiger partial charge in [-0.1, -0.05) is 0 Å². The number of halogens is 1. The second-order valence-electron chi connectivity index (χ2n) is 3.41. The number of hydrogen-bond donors (Lipinski definition) is 2. The molecule has 0 radical (unpaired) electrons. The van der Waals surface area contributed by atoms with Crippen molar-refractivity contribution in [3.05, 3.63) is 26.2 Å². The van der Waals surface area contributed by atoms with Gasteiger partial charge in [-0.2, -0.15) is 0 Å². The van der Waals surface area contributed by atoms with Gasteiger partial charge in [-0.05, 0) is 15.9 Å². The first-order valence-electron chi connectivity index (χ1n) is 4.85. The van der Waals surface area contributed by atoms with Crippen molar-refractivity contribution in [1.82, 2.24) is 0 Å². The lowest BCUT2D eigenvalue weighted by Crippen LogP contribution is -2.11. The van der Waals surface area contributed by atoms with Crippen LogP contribution >= 0.6 is 15.9 Å². The first-order valence-corrected chi connectivity index (χ1v) is 5.64. The number of phenolic OH excluding ortho intramolecular Hbond substituents is 1. The number of hydrogen-bond acceptors (Lipinski definition) is 6. The molecule has 0 aliphatic rings. The molecule has 1 aromatic carbocycles. The number of esters is 1. The van der Waals surface area contributed by atoms with Crippen molar-refractivity contribution in [3.8, 4) is 5.75 Å². The molecule has 19 heavy (non-hydrogen) atoms. The Morgan fingerprint density at radius 1 is 1.53 bits per heavy atom. The number of nitro groups is 1. The molecule has 0 unspecified atom stereocenters. The van der Waals surface area contributed by atoms with Crippen molar-refractivity contribution < 1.29 is 24.4 Å². The van der Waals surface area contributed by atoms with Gasteiger partial charge in [-0.15, -0.1) is 0 Å². The second-order valence-corrected chi connectivity index (χ2v) is 4.20. The number of rotatable bonds is 3. The fraction of sp³-hybridized carbons (Fsp3) is 0.200. The highest BCUT2D eigenvalue weighted by atomic mass is 79.9. The first-order chi connectivity index (χ1) is 8.79. The zero-order valence-electron chi connectivity index (χ0n) is 9.89. The Labute approximate surface area is 115 Å². The summed E-state index contributed by atoms with van der Waals surface area (Å²) < 4.78 is 4.23. The van der Waals surface area contributed by atoms with E-state index in [1.807, 2.05) is 0 Å². The Balaban J connectivity index is 3.57. The van der Waals surface area contributed by atoms with Crippen LogP contribution in [0.5, 0.6) is 5.75 Å². The average Bonchev–Trinajstić information content (AvgIpc) is 2.33. The minimum atomic E-state index is -0.935. The lowest BCUT2D eigenvalue weighted by Gasteiger charge is -2.10. The van der Waals surface area contributed by atoms with E-state index in [1.165, 1.54) is 0 Å². The maximum atomic E-state index is 11.4. The third-order valence-corrected chi connectivity index (χ3v) is 2.89. The van der Waals surface area contributed by atoms with E-state index in [0.717, 1.165) is 20.1 Å². The van der Waals surface area contributed by atoms with Gasteiger partial charge in [-0.25, -0.2) is 4.79 Å². The SMILES string of the molecule is COC(=O)c1cc([N+](=O)[O-])c(NC(C)=O)c(Br)c1O. The monoisotopic (exact) mass is 332 g/mol. The fourth-order valence-corrected chi connectivity index (χ4v) is 1.85. The molecule has 0 spiro atoms. The van der Waals surface area contributed by atoms with E-state index in [0.29, 0.717) is 0 Å². The fourth-order valence-electron chi connectivity index (χ4n) is 1.33. The third-order valence-electron chi connectivity index (χ3n) is 2.12. The van der Waals surface area contributed by atoms with Crippen LogP contribution in [0.25, 0.3) is 0 Å². The predicted octanol–water partition coefficient (Wildman–Crippen LogP) is 1.81. The number of carbonyl (C=O) groups excluding carboxylic acids is 2.